The van der Waals surface area contributed by atoms with Gasteiger partial charge < -0.3 is 10.1 Å². The summed E-state index contributed by atoms with van der Waals surface area (Å²) in [5.74, 6) is 0.424. The van der Waals surface area contributed by atoms with Gasteiger partial charge >= 0.3 is 0 Å². The van der Waals surface area contributed by atoms with E-state index in [0.717, 1.165) is 31.2 Å². The van der Waals surface area contributed by atoms with E-state index < -0.39 is 0 Å². The predicted molar refractivity (Wildman–Crippen MR) is 111 cm³/mol. The summed E-state index contributed by atoms with van der Waals surface area (Å²) in [4.78, 5) is 15.9. The molecule has 2 aromatic rings. The maximum Gasteiger partial charge on any atom is 0.230 e. The minimum atomic E-state index is 0.00354. The Labute approximate surface area is 170 Å². The molecule has 144 valence electrons. The summed E-state index contributed by atoms with van der Waals surface area (Å²) in [6.07, 6.45) is 0. The molecule has 0 radical (unpaired) electrons. The van der Waals surface area contributed by atoms with Crippen molar-refractivity contribution in [2.75, 3.05) is 32.1 Å². The van der Waals surface area contributed by atoms with E-state index in [4.69, 9.17) is 16.3 Å². The van der Waals surface area contributed by atoms with Crippen LogP contribution in [0.25, 0.3) is 0 Å². The average molecular weight is 405 g/mol. The lowest BCUT2D eigenvalue weighted by atomic mass is 9.98. The molecule has 0 spiro atoms. The number of benzene rings is 2. The van der Waals surface area contributed by atoms with Crippen molar-refractivity contribution in [3.05, 3.63) is 65.2 Å². The Morgan fingerprint density at radius 2 is 1.81 bits per heavy atom. The fourth-order valence-corrected chi connectivity index (χ4v) is 4.21. The predicted octanol–water partition coefficient (Wildman–Crippen LogP) is 4.01. The molecular weight excluding hydrogens is 380 g/mol. The van der Waals surface area contributed by atoms with Crippen LogP contribution in [0, 0.1) is 0 Å². The number of carbonyl (C=O) groups excluding carboxylic acids is 1. The van der Waals surface area contributed by atoms with Crippen molar-refractivity contribution in [2.45, 2.75) is 23.9 Å². The maximum absolute atomic E-state index is 12.5. The highest BCUT2D eigenvalue weighted by Crippen LogP contribution is 2.26. The van der Waals surface area contributed by atoms with Crippen molar-refractivity contribution in [3.8, 4) is 0 Å². The number of thioether (sulfide) groups is 1. The summed E-state index contributed by atoms with van der Waals surface area (Å²) in [6, 6.07) is 18.1. The van der Waals surface area contributed by atoms with E-state index >= 15 is 0 Å². The molecule has 27 heavy (non-hydrogen) atoms. The molecule has 1 aliphatic rings. The lowest BCUT2D eigenvalue weighted by Gasteiger charge is -2.38. The second kappa shape index (κ2) is 10.1. The summed E-state index contributed by atoms with van der Waals surface area (Å²) in [5.41, 5.74) is 1.22. The van der Waals surface area contributed by atoms with Crippen molar-refractivity contribution in [2.24, 2.45) is 0 Å². The van der Waals surface area contributed by atoms with E-state index in [2.05, 4.69) is 29.3 Å². The van der Waals surface area contributed by atoms with E-state index in [1.54, 1.807) is 0 Å². The smallest absolute Gasteiger partial charge is 0.230 e. The van der Waals surface area contributed by atoms with Crippen molar-refractivity contribution in [1.82, 2.24) is 10.2 Å². The molecule has 0 bridgehead atoms. The van der Waals surface area contributed by atoms with Crippen molar-refractivity contribution >= 4 is 29.3 Å². The van der Waals surface area contributed by atoms with Crippen molar-refractivity contribution in [1.29, 1.82) is 0 Å². The Bertz CT molecular complexity index is 721. The Hall–Kier alpha value is -1.53. The first-order valence-corrected chi connectivity index (χ1v) is 10.5. The highest BCUT2D eigenvalue weighted by molar-refractivity contribution is 8.00. The molecule has 0 aromatic heterocycles. The SMILES string of the molecule is C[C@@H](NC(=O)CSc1ccc(Cl)cc1)[C@H](c1ccccc1)N1CCOCC1. The summed E-state index contributed by atoms with van der Waals surface area (Å²) in [6.45, 7) is 5.30. The standard InChI is InChI=1S/C21H25ClN2O2S/c1-16(23-20(25)15-27-19-9-7-18(22)8-10-19)21(17-5-3-2-4-6-17)24-11-13-26-14-12-24/h2-10,16,21H,11-15H2,1H3,(H,23,25)/t16-,21-/m1/s1. The van der Waals surface area contributed by atoms with Crippen LogP contribution in [0.15, 0.2) is 59.5 Å². The van der Waals surface area contributed by atoms with Crippen molar-refractivity contribution in [3.63, 3.8) is 0 Å². The fraction of sp³-hybridized carbons (Fsp3) is 0.381. The van der Waals surface area contributed by atoms with Gasteiger partial charge in [0.25, 0.3) is 0 Å². The average Bonchev–Trinajstić information content (AvgIpc) is 2.69. The molecule has 0 saturated carbocycles. The lowest BCUT2D eigenvalue weighted by Crippen LogP contribution is -2.48. The van der Waals surface area contributed by atoms with E-state index in [9.17, 15) is 4.79 Å². The summed E-state index contributed by atoms with van der Waals surface area (Å²) >= 11 is 7.43. The third-order valence-corrected chi connectivity index (χ3v) is 5.89. The summed E-state index contributed by atoms with van der Waals surface area (Å²) in [7, 11) is 0. The topological polar surface area (TPSA) is 41.6 Å². The molecule has 1 fully saturated rings. The first-order valence-electron chi connectivity index (χ1n) is 9.18. The van der Waals surface area contributed by atoms with E-state index in [-0.39, 0.29) is 18.0 Å². The zero-order chi connectivity index (χ0) is 19.1. The molecule has 1 N–H and O–H groups in total. The van der Waals surface area contributed by atoms with Crippen LogP contribution < -0.4 is 5.32 Å². The molecule has 3 rings (SSSR count). The number of carbonyl (C=O) groups is 1. The molecule has 4 nitrogen and oxygen atoms in total. The Kier molecular flexibility index (Phi) is 7.59. The Balaban J connectivity index is 1.61. The van der Waals surface area contributed by atoms with E-state index in [0.29, 0.717) is 10.8 Å². The lowest BCUT2D eigenvalue weighted by molar-refractivity contribution is -0.119. The van der Waals surface area contributed by atoms with E-state index in [1.165, 1.54) is 17.3 Å². The first kappa shape index (κ1) is 20.2. The number of nitrogens with zero attached hydrogens (tertiary/aromatic N) is 1. The highest BCUT2D eigenvalue weighted by Gasteiger charge is 2.28. The van der Waals surface area contributed by atoms with Gasteiger partial charge in [0, 0.05) is 29.0 Å². The van der Waals surface area contributed by atoms with Gasteiger partial charge in [-0.15, -0.1) is 11.8 Å². The van der Waals surface area contributed by atoms with Gasteiger partial charge in [0.2, 0.25) is 5.91 Å². The van der Waals surface area contributed by atoms with Gasteiger partial charge in [0.15, 0.2) is 0 Å². The normalized spacial score (nSPS) is 17.3. The summed E-state index contributed by atoms with van der Waals surface area (Å²) < 4.78 is 5.50. The number of hydrogen-bond acceptors (Lipinski definition) is 4. The van der Waals surface area contributed by atoms with Crippen LogP contribution in [0.5, 0.6) is 0 Å². The number of nitrogens with one attached hydrogen (secondary N) is 1. The molecule has 0 unspecified atom stereocenters. The molecule has 0 aliphatic carbocycles. The molecule has 1 saturated heterocycles. The number of hydrogen-bond donors (Lipinski definition) is 1. The highest BCUT2D eigenvalue weighted by atomic mass is 35.5. The quantitative estimate of drug-likeness (QED) is 0.708. The third-order valence-electron chi connectivity index (χ3n) is 4.63. The number of ether oxygens (including phenoxy) is 1. The van der Waals surface area contributed by atoms with Crippen LogP contribution in [-0.2, 0) is 9.53 Å². The van der Waals surface area contributed by atoms with Gasteiger partial charge in [-0.05, 0) is 36.8 Å². The molecule has 6 heteroatoms. The van der Waals surface area contributed by atoms with Crippen LogP contribution in [0.4, 0.5) is 0 Å². The van der Waals surface area contributed by atoms with E-state index in [1.807, 2.05) is 42.5 Å². The molecule has 1 amide bonds. The van der Waals surface area contributed by atoms with Crippen LogP contribution in [-0.4, -0.2) is 48.9 Å². The van der Waals surface area contributed by atoms with Crippen molar-refractivity contribution < 1.29 is 9.53 Å². The molecule has 2 atom stereocenters. The minimum absolute atomic E-state index is 0.00354. The van der Waals surface area contributed by atoms with Gasteiger partial charge in [-0.1, -0.05) is 41.9 Å². The molecule has 2 aromatic carbocycles. The number of halogens is 1. The zero-order valence-corrected chi connectivity index (χ0v) is 17.0. The van der Waals surface area contributed by atoms with Gasteiger partial charge in [-0.2, -0.15) is 0 Å². The number of rotatable bonds is 7. The molecular formula is C21H25ClN2O2S. The van der Waals surface area contributed by atoms with Crippen LogP contribution in [0.3, 0.4) is 0 Å². The number of amides is 1. The van der Waals surface area contributed by atoms with Gasteiger partial charge in [-0.25, -0.2) is 0 Å². The monoisotopic (exact) mass is 404 g/mol. The fourth-order valence-electron chi connectivity index (χ4n) is 3.38. The Morgan fingerprint density at radius 3 is 2.48 bits per heavy atom. The Morgan fingerprint density at radius 1 is 1.15 bits per heavy atom. The third kappa shape index (κ3) is 5.98. The summed E-state index contributed by atoms with van der Waals surface area (Å²) in [5, 5.41) is 3.89. The van der Waals surface area contributed by atoms with Crippen LogP contribution >= 0.6 is 23.4 Å². The molecule has 1 aliphatic heterocycles. The van der Waals surface area contributed by atoms with Gasteiger partial charge in [-0.3, -0.25) is 9.69 Å². The van der Waals surface area contributed by atoms with Crippen LogP contribution in [0.2, 0.25) is 5.02 Å². The maximum atomic E-state index is 12.5. The largest absolute Gasteiger partial charge is 0.379 e. The zero-order valence-electron chi connectivity index (χ0n) is 15.4. The first-order chi connectivity index (χ1) is 13.1. The van der Waals surface area contributed by atoms with Gasteiger partial charge in [0.05, 0.1) is 25.0 Å². The minimum Gasteiger partial charge on any atom is -0.379 e. The second-order valence-electron chi connectivity index (χ2n) is 6.60. The second-order valence-corrected chi connectivity index (χ2v) is 8.09. The molecule has 1 heterocycles. The van der Waals surface area contributed by atoms with Crippen LogP contribution in [0.1, 0.15) is 18.5 Å². The number of morpholine rings is 1. The van der Waals surface area contributed by atoms with Gasteiger partial charge in [0.1, 0.15) is 0 Å².